The molecule has 4 rings (SSSR count). The molecule has 2 aliphatic carbocycles. The van der Waals surface area contributed by atoms with E-state index in [1.54, 1.807) is 6.08 Å². The fourth-order valence-electron chi connectivity index (χ4n) is 3.63. The van der Waals surface area contributed by atoms with Crippen LogP contribution in [0.3, 0.4) is 0 Å². The van der Waals surface area contributed by atoms with E-state index in [0.717, 1.165) is 11.3 Å². The summed E-state index contributed by atoms with van der Waals surface area (Å²) in [6, 6.07) is 12.0. The molecule has 2 saturated carbocycles. The van der Waals surface area contributed by atoms with E-state index in [0.29, 0.717) is 12.0 Å². The molecule has 2 aliphatic rings. The van der Waals surface area contributed by atoms with E-state index in [2.05, 4.69) is 15.5 Å². The van der Waals surface area contributed by atoms with Crippen molar-refractivity contribution in [2.24, 2.45) is 0 Å². The van der Waals surface area contributed by atoms with E-state index in [9.17, 15) is 8.42 Å². The number of hydrogen-bond acceptors (Lipinski definition) is 3. The predicted molar refractivity (Wildman–Crippen MR) is 103 cm³/mol. The Morgan fingerprint density at radius 3 is 2.54 bits per heavy atom. The molecule has 26 heavy (non-hydrogen) atoms. The van der Waals surface area contributed by atoms with Crippen molar-refractivity contribution < 1.29 is 8.42 Å². The highest BCUT2D eigenvalue weighted by Crippen LogP contribution is 2.43. The first-order chi connectivity index (χ1) is 12.6. The van der Waals surface area contributed by atoms with E-state index in [-0.39, 0.29) is 6.54 Å². The van der Waals surface area contributed by atoms with Gasteiger partial charge in [0.05, 0.1) is 18.3 Å². The summed E-state index contributed by atoms with van der Waals surface area (Å²) < 4.78 is 29.3. The maximum Gasteiger partial charge on any atom is 0.234 e. The number of nitrogens with zero attached hydrogens (tertiary/aromatic N) is 2. The molecule has 0 bridgehead atoms. The van der Waals surface area contributed by atoms with Gasteiger partial charge in [0.25, 0.3) is 0 Å². The largest absolute Gasteiger partial charge is 0.266 e. The molecule has 0 unspecified atom stereocenters. The Balaban J connectivity index is 1.44. The molecule has 1 aromatic carbocycles. The Hall–Kier alpha value is -1.92. The normalized spacial score (nSPS) is 18.8. The molecule has 1 heterocycles. The van der Waals surface area contributed by atoms with Crippen molar-refractivity contribution in [2.75, 3.05) is 0 Å². The first-order valence-corrected chi connectivity index (χ1v) is 11.0. The summed E-state index contributed by atoms with van der Waals surface area (Å²) in [5.74, 6) is 0.617. The lowest BCUT2D eigenvalue weighted by atomic mass is 10.2. The van der Waals surface area contributed by atoms with Gasteiger partial charge in [-0.3, -0.25) is 4.68 Å². The SMILES string of the molecule is O=S(=O)(/C=C/c1ccccc1)NCc1cc(C2CC2)n(C2CCCC2)n1. The smallest absolute Gasteiger partial charge is 0.234 e. The van der Waals surface area contributed by atoms with Gasteiger partial charge in [0, 0.05) is 17.0 Å². The molecule has 5 nitrogen and oxygen atoms in total. The van der Waals surface area contributed by atoms with E-state index in [1.165, 1.54) is 49.6 Å². The highest BCUT2D eigenvalue weighted by atomic mass is 32.2. The van der Waals surface area contributed by atoms with Gasteiger partial charge in [-0.25, -0.2) is 13.1 Å². The molecule has 1 aromatic heterocycles. The van der Waals surface area contributed by atoms with E-state index in [4.69, 9.17) is 5.10 Å². The van der Waals surface area contributed by atoms with Crippen LogP contribution in [-0.2, 0) is 16.6 Å². The second-order valence-corrected chi connectivity index (χ2v) is 8.95. The third kappa shape index (κ3) is 4.24. The zero-order valence-electron chi connectivity index (χ0n) is 14.8. The molecule has 0 atom stereocenters. The van der Waals surface area contributed by atoms with Gasteiger partial charge >= 0.3 is 0 Å². The molecule has 6 heteroatoms. The minimum atomic E-state index is -3.49. The van der Waals surface area contributed by atoms with Crippen LogP contribution in [0.4, 0.5) is 0 Å². The summed E-state index contributed by atoms with van der Waals surface area (Å²) in [4.78, 5) is 0. The summed E-state index contributed by atoms with van der Waals surface area (Å²) in [5.41, 5.74) is 2.97. The Bertz CT molecular complexity index is 877. The fraction of sp³-hybridized carbons (Fsp3) is 0.450. The zero-order valence-corrected chi connectivity index (χ0v) is 15.7. The van der Waals surface area contributed by atoms with Crippen LogP contribution in [0.15, 0.2) is 41.8 Å². The molecule has 2 fully saturated rings. The predicted octanol–water partition coefficient (Wildman–Crippen LogP) is 3.97. The van der Waals surface area contributed by atoms with Crippen LogP contribution in [0, 0.1) is 0 Å². The Kier molecular flexibility index (Phi) is 4.96. The summed E-state index contributed by atoms with van der Waals surface area (Å²) >= 11 is 0. The monoisotopic (exact) mass is 371 g/mol. The number of rotatable bonds is 7. The van der Waals surface area contributed by atoms with Gasteiger partial charge in [-0.05, 0) is 43.4 Å². The lowest BCUT2D eigenvalue weighted by Gasteiger charge is -2.13. The Morgan fingerprint density at radius 1 is 1.12 bits per heavy atom. The second kappa shape index (κ2) is 7.37. The molecule has 0 aliphatic heterocycles. The molecular formula is C20H25N3O2S. The number of aromatic nitrogens is 2. The first-order valence-electron chi connectivity index (χ1n) is 9.42. The van der Waals surface area contributed by atoms with Gasteiger partial charge in [0.1, 0.15) is 0 Å². The maximum atomic E-state index is 12.2. The minimum absolute atomic E-state index is 0.237. The Labute approximate surface area is 155 Å². The van der Waals surface area contributed by atoms with E-state index < -0.39 is 10.0 Å². The molecule has 0 radical (unpaired) electrons. The third-order valence-corrected chi connectivity index (χ3v) is 6.22. The molecule has 0 amide bonds. The van der Waals surface area contributed by atoms with Gasteiger partial charge in [-0.1, -0.05) is 43.2 Å². The number of nitrogens with one attached hydrogen (secondary N) is 1. The molecular weight excluding hydrogens is 346 g/mol. The highest BCUT2D eigenvalue weighted by Gasteiger charge is 2.31. The molecule has 0 saturated heterocycles. The van der Waals surface area contributed by atoms with Crippen molar-refractivity contribution in [3.05, 3.63) is 58.8 Å². The molecule has 1 N–H and O–H groups in total. The average molecular weight is 372 g/mol. The van der Waals surface area contributed by atoms with Gasteiger partial charge < -0.3 is 0 Å². The van der Waals surface area contributed by atoms with E-state index in [1.807, 2.05) is 30.3 Å². The van der Waals surface area contributed by atoms with Crippen molar-refractivity contribution >= 4 is 16.1 Å². The van der Waals surface area contributed by atoms with Crippen molar-refractivity contribution in [1.29, 1.82) is 0 Å². The topological polar surface area (TPSA) is 64.0 Å². The van der Waals surface area contributed by atoms with Crippen molar-refractivity contribution in [3.8, 4) is 0 Å². The van der Waals surface area contributed by atoms with E-state index >= 15 is 0 Å². The van der Waals surface area contributed by atoms with Gasteiger partial charge in [0.15, 0.2) is 0 Å². The summed E-state index contributed by atoms with van der Waals surface area (Å²) in [5, 5.41) is 5.96. The average Bonchev–Trinajstić information content (AvgIpc) is 3.18. The number of hydrogen-bond donors (Lipinski definition) is 1. The number of benzene rings is 1. The molecule has 138 valence electrons. The quantitative estimate of drug-likeness (QED) is 0.801. The summed E-state index contributed by atoms with van der Waals surface area (Å²) in [7, 11) is -3.49. The minimum Gasteiger partial charge on any atom is -0.266 e. The van der Waals surface area contributed by atoms with Crippen molar-refractivity contribution in [1.82, 2.24) is 14.5 Å². The van der Waals surface area contributed by atoms with Crippen molar-refractivity contribution in [3.63, 3.8) is 0 Å². The second-order valence-electron chi connectivity index (χ2n) is 7.30. The van der Waals surface area contributed by atoms with Gasteiger partial charge in [0.2, 0.25) is 10.0 Å². The van der Waals surface area contributed by atoms with Crippen LogP contribution < -0.4 is 4.72 Å². The van der Waals surface area contributed by atoms with Crippen LogP contribution in [0.2, 0.25) is 0 Å². The lowest BCUT2D eigenvalue weighted by Crippen LogP contribution is -2.21. The summed E-state index contributed by atoms with van der Waals surface area (Å²) in [6.07, 6.45) is 8.96. The summed E-state index contributed by atoms with van der Waals surface area (Å²) in [6.45, 7) is 0.237. The highest BCUT2D eigenvalue weighted by molar-refractivity contribution is 7.92. The van der Waals surface area contributed by atoms with Crippen LogP contribution in [0.25, 0.3) is 6.08 Å². The van der Waals surface area contributed by atoms with Crippen LogP contribution in [0.5, 0.6) is 0 Å². The number of sulfonamides is 1. The third-order valence-electron chi connectivity index (χ3n) is 5.18. The first kappa shape index (κ1) is 17.5. The fourth-order valence-corrected chi connectivity index (χ4v) is 4.41. The van der Waals surface area contributed by atoms with Crippen molar-refractivity contribution in [2.45, 2.75) is 57.0 Å². The lowest BCUT2D eigenvalue weighted by molar-refractivity contribution is 0.446. The van der Waals surface area contributed by atoms with Crippen LogP contribution in [0.1, 0.15) is 67.4 Å². The molecule has 0 spiro atoms. The Morgan fingerprint density at radius 2 is 1.85 bits per heavy atom. The standard InChI is InChI=1S/C20H25N3O2S/c24-26(25,13-12-16-6-2-1-3-7-16)21-15-18-14-20(17-10-11-17)23(22-18)19-8-4-5-9-19/h1-3,6-7,12-14,17,19,21H,4-5,8-11,15H2/b13-12+. The zero-order chi connectivity index (χ0) is 18.0. The van der Waals surface area contributed by atoms with Crippen LogP contribution in [-0.4, -0.2) is 18.2 Å². The molecule has 2 aromatic rings. The van der Waals surface area contributed by atoms with Crippen LogP contribution >= 0.6 is 0 Å². The van der Waals surface area contributed by atoms with Gasteiger partial charge in [-0.15, -0.1) is 0 Å². The van der Waals surface area contributed by atoms with Gasteiger partial charge in [-0.2, -0.15) is 5.10 Å². The maximum absolute atomic E-state index is 12.2.